The Morgan fingerprint density at radius 3 is 2.39 bits per heavy atom. The molecule has 17 heteroatoms. The number of aromatic nitrogens is 1. The maximum Gasteiger partial charge on any atom is 0.490 e. The Kier molecular flexibility index (Phi) is 10.2. The number of rotatable bonds is 8. The monoisotopic (exact) mass is 628 g/mol. The second-order valence-electron chi connectivity index (χ2n) is 8.85. The van der Waals surface area contributed by atoms with Crippen LogP contribution in [0.3, 0.4) is 0 Å². The number of alkyl halides is 5. The van der Waals surface area contributed by atoms with E-state index < -0.39 is 45.1 Å². The quantitative estimate of drug-likeness (QED) is 0.318. The first-order valence-electron chi connectivity index (χ1n) is 11.6. The van der Waals surface area contributed by atoms with Crippen molar-refractivity contribution in [2.24, 2.45) is 0 Å². The molecule has 0 spiro atoms. The lowest BCUT2D eigenvalue weighted by atomic mass is 10.1. The molecule has 2 aromatic carbocycles. The lowest BCUT2D eigenvalue weighted by Crippen LogP contribution is -2.34. The van der Waals surface area contributed by atoms with Gasteiger partial charge in [0.2, 0.25) is 0 Å². The standard InChI is InChI=1S/C22H22F4N4O2S2.C2HF3O2/c1-29(16-5-6-30(11-16)10-14-3-2-4-15(7-14)22(25)26)17-8-18(23)21(19(24)9-17)34(31,32)28-20-12-33-13-27-20;3-2(4,5)1(6)7/h2-4,7-9,12-13,16,22,28H,5-6,10-11H2,1H3;(H,6,7)/t16-;/m0./s1. The smallest absolute Gasteiger partial charge is 0.475 e. The zero-order chi connectivity index (χ0) is 30.5. The Balaban J connectivity index is 0.000000587. The summed E-state index contributed by atoms with van der Waals surface area (Å²) in [6.45, 7) is 1.72. The number of thiazole rings is 1. The Morgan fingerprint density at radius 2 is 1.85 bits per heavy atom. The van der Waals surface area contributed by atoms with Gasteiger partial charge in [-0.3, -0.25) is 9.62 Å². The molecule has 8 nitrogen and oxygen atoms in total. The third-order valence-corrected chi connectivity index (χ3v) is 7.97. The number of likely N-dealkylation sites (tertiary alicyclic amines) is 1. The molecule has 0 bridgehead atoms. The van der Waals surface area contributed by atoms with Gasteiger partial charge in [0.15, 0.2) is 10.7 Å². The van der Waals surface area contributed by atoms with E-state index >= 15 is 0 Å². The van der Waals surface area contributed by atoms with Crippen LogP contribution in [0.4, 0.5) is 42.2 Å². The van der Waals surface area contributed by atoms with Crippen LogP contribution < -0.4 is 9.62 Å². The first kappa shape index (κ1) is 32.1. The fraction of sp³-hybridized carbons (Fsp3) is 0.333. The van der Waals surface area contributed by atoms with Gasteiger partial charge in [-0.05, 0) is 30.2 Å². The summed E-state index contributed by atoms with van der Waals surface area (Å²) in [5.74, 6) is -5.19. The fourth-order valence-corrected chi connectivity index (χ4v) is 5.71. The van der Waals surface area contributed by atoms with Crippen molar-refractivity contribution in [1.82, 2.24) is 9.88 Å². The van der Waals surface area contributed by atoms with Crippen LogP contribution in [0.5, 0.6) is 0 Å². The molecule has 0 radical (unpaired) electrons. The van der Waals surface area contributed by atoms with E-state index in [-0.39, 0.29) is 23.1 Å². The van der Waals surface area contributed by atoms with E-state index in [2.05, 4.69) is 14.6 Å². The van der Waals surface area contributed by atoms with E-state index in [0.29, 0.717) is 26.1 Å². The van der Waals surface area contributed by atoms with Crippen molar-refractivity contribution in [2.75, 3.05) is 29.8 Å². The number of carbonyl (C=O) groups is 1. The maximum absolute atomic E-state index is 14.8. The molecule has 41 heavy (non-hydrogen) atoms. The van der Waals surface area contributed by atoms with Crippen LogP contribution in [0.15, 0.2) is 52.2 Å². The SMILES string of the molecule is CN(c1cc(F)c(S(=O)(=O)Nc2cscn2)c(F)c1)[C@H]1CCN(Cc2cccc(C(F)F)c2)C1.O=C(O)C(F)(F)F. The van der Waals surface area contributed by atoms with Crippen molar-refractivity contribution < 1.29 is 49.1 Å². The first-order valence-corrected chi connectivity index (χ1v) is 14.0. The molecule has 2 N–H and O–H groups in total. The van der Waals surface area contributed by atoms with Crippen LogP contribution in [-0.4, -0.2) is 61.7 Å². The maximum atomic E-state index is 14.8. The molecule has 1 fully saturated rings. The second-order valence-corrected chi connectivity index (χ2v) is 11.2. The van der Waals surface area contributed by atoms with E-state index in [1.54, 1.807) is 24.1 Å². The molecule has 1 atom stereocenters. The molecule has 4 rings (SSSR count). The minimum Gasteiger partial charge on any atom is -0.475 e. The molecular formula is C24H23F7N4O4S2. The fourth-order valence-electron chi connectivity index (χ4n) is 4.03. The van der Waals surface area contributed by atoms with E-state index in [1.807, 2.05) is 0 Å². The predicted molar refractivity (Wildman–Crippen MR) is 136 cm³/mol. The van der Waals surface area contributed by atoms with Crippen molar-refractivity contribution in [3.63, 3.8) is 0 Å². The third-order valence-electron chi connectivity index (χ3n) is 5.98. The molecule has 0 saturated carbocycles. The number of hydrogen-bond acceptors (Lipinski definition) is 7. The van der Waals surface area contributed by atoms with Gasteiger partial charge in [-0.25, -0.2) is 35.8 Å². The minimum atomic E-state index is -5.08. The lowest BCUT2D eigenvalue weighted by molar-refractivity contribution is -0.192. The number of halogens is 7. The molecule has 1 aromatic heterocycles. The number of anilines is 2. The molecule has 1 aliphatic heterocycles. The summed E-state index contributed by atoms with van der Waals surface area (Å²) in [5.41, 5.74) is 2.33. The van der Waals surface area contributed by atoms with Crippen molar-refractivity contribution in [1.29, 1.82) is 0 Å². The van der Waals surface area contributed by atoms with Crippen LogP contribution in [-0.2, 0) is 21.4 Å². The number of hydrogen-bond donors (Lipinski definition) is 2. The number of nitrogens with zero attached hydrogens (tertiary/aromatic N) is 3. The highest BCUT2D eigenvalue weighted by Crippen LogP contribution is 2.30. The van der Waals surface area contributed by atoms with Gasteiger partial charge in [-0.15, -0.1) is 11.3 Å². The van der Waals surface area contributed by atoms with E-state index in [4.69, 9.17) is 9.90 Å². The number of benzene rings is 2. The zero-order valence-corrected chi connectivity index (χ0v) is 22.7. The van der Waals surface area contributed by atoms with Gasteiger partial charge in [0.25, 0.3) is 16.4 Å². The zero-order valence-electron chi connectivity index (χ0n) is 21.1. The van der Waals surface area contributed by atoms with Crippen LogP contribution in [0.25, 0.3) is 0 Å². The van der Waals surface area contributed by atoms with Crippen molar-refractivity contribution in [3.8, 4) is 0 Å². The van der Waals surface area contributed by atoms with E-state index in [1.165, 1.54) is 23.0 Å². The summed E-state index contributed by atoms with van der Waals surface area (Å²) >= 11 is 1.14. The average molecular weight is 629 g/mol. The van der Waals surface area contributed by atoms with Gasteiger partial charge >= 0.3 is 12.1 Å². The molecule has 2 heterocycles. The Morgan fingerprint density at radius 1 is 1.22 bits per heavy atom. The summed E-state index contributed by atoms with van der Waals surface area (Å²) in [4.78, 5) is 15.4. The highest BCUT2D eigenvalue weighted by Gasteiger charge is 2.38. The number of nitrogens with one attached hydrogen (secondary N) is 1. The average Bonchev–Trinajstić information content (AvgIpc) is 3.55. The summed E-state index contributed by atoms with van der Waals surface area (Å²) in [5, 5.41) is 8.53. The third kappa shape index (κ3) is 8.53. The normalized spacial score (nSPS) is 15.9. The topological polar surface area (TPSA) is 103 Å². The Bertz CT molecular complexity index is 1430. The van der Waals surface area contributed by atoms with Crippen molar-refractivity contribution >= 4 is 38.8 Å². The minimum absolute atomic E-state index is 0.0184. The molecule has 0 unspecified atom stereocenters. The molecule has 0 aliphatic carbocycles. The van der Waals surface area contributed by atoms with Gasteiger partial charge in [-0.1, -0.05) is 18.2 Å². The van der Waals surface area contributed by atoms with Crippen LogP contribution in [0, 0.1) is 11.6 Å². The summed E-state index contributed by atoms with van der Waals surface area (Å²) in [6.07, 6.45) is -6.93. The molecule has 0 amide bonds. The van der Waals surface area contributed by atoms with Gasteiger partial charge < -0.3 is 10.0 Å². The molecular weight excluding hydrogens is 605 g/mol. The summed E-state index contributed by atoms with van der Waals surface area (Å²) in [7, 11) is -2.81. The molecule has 224 valence electrons. The van der Waals surface area contributed by atoms with E-state index in [0.717, 1.165) is 29.0 Å². The van der Waals surface area contributed by atoms with Crippen molar-refractivity contribution in [2.45, 2.75) is 36.5 Å². The van der Waals surface area contributed by atoms with Crippen LogP contribution >= 0.6 is 11.3 Å². The number of carboxylic acids is 1. The molecule has 1 aliphatic rings. The summed E-state index contributed by atoms with van der Waals surface area (Å²) < 4.78 is 114. The van der Waals surface area contributed by atoms with Gasteiger partial charge in [0, 0.05) is 49.4 Å². The number of aliphatic carboxylic acids is 1. The molecule has 3 aromatic rings. The molecule has 1 saturated heterocycles. The number of carboxylic acid groups (broad SMARTS) is 1. The summed E-state index contributed by atoms with van der Waals surface area (Å²) in [6, 6.07) is 8.14. The predicted octanol–water partition coefficient (Wildman–Crippen LogP) is 5.50. The second kappa shape index (κ2) is 13.0. The van der Waals surface area contributed by atoms with Gasteiger partial charge in [-0.2, -0.15) is 13.2 Å². The first-order chi connectivity index (χ1) is 19.1. The lowest BCUT2D eigenvalue weighted by Gasteiger charge is -2.27. The van der Waals surface area contributed by atoms with E-state index in [9.17, 15) is 39.2 Å². The number of sulfonamides is 1. The van der Waals surface area contributed by atoms with Crippen LogP contribution in [0.1, 0.15) is 24.0 Å². The Labute approximate surface area is 234 Å². The van der Waals surface area contributed by atoms with Gasteiger partial charge in [0.05, 0.1) is 5.51 Å². The number of likely N-dealkylation sites (N-methyl/N-ethyl adjacent to an activating group) is 1. The van der Waals surface area contributed by atoms with Crippen molar-refractivity contribution in [3.05, 3.63) is 70.1 Å². The van der Waals surface area contributed by atoms with Crippen LogP contribution in [0.2, 0.25) is 0 Å². The van der Waals surface area contributed by atoms with Gasteiger partial charge in [0.1, 0.15) is 11.6 Å². The highest BCUT2D eigenvalue weighted by atomic mass is 32.2. The largest absolute Gasteiger partial charge is 0.490 e. The highest BCUT2D eigenvalue weighted by molar-refractivity contribution is 7.92. The Hall–Kier alpha value is -3.44.